The Kier molecular flexibility index (Phi) is 6.81. The molecule has 0 spiro atoms. The van der Waals surface area contributed by atoms with Gasteiger partial charge in [0.2, 0.25) is 0 Å². The molecule has 0 atom stereocenters. The van der Waals surface area contributed by atoms with Gasteiger partial charge >= 0.3 is 5.97 Å². The predicted molar refractivity (Wildman–Crippen MR) is 72.0 cm³/mol. The molecule has 0 bridgehead atoms. The van der Waals surface area contributed by atoms with Crippen LogP contribution >= 0.6 is 11.6 Å². The number of hydrogen-bond acceptors (Lipinski definition) is 4. The second-order valence-electron chi connectivity index (χ2n) is 3.84. The Morgan fingerprint density at radius 3 is 2.62 bits per heavy atom. The van der Waals surface area contributed by atoms with Crippen molar-refractivity contribution >= 4 is 23.4 Å². The summed E-state index contributed by atoms with van der Waals surface area (Å²) in [5.74, 6) is -3.33. The van der Waals surface area contributed by atoms with Gasteiger partial charge in [-0.25, -0.2) is 13.6 Å². The van der Waals surface area contributed by atoms with Gasteiger partial charge in [-0.05, 0) is 19.1 Å². The fourth-order valence-electron chi connectivity index (χ4n) is 1.38. The van der Waals surface area contributed by atoms with Crippen LogP contribution in [-0.4, -0.2) is 25.0 Å². The first-order valence-corrected chi connectivity index (χ1v) is 6.46. The van der Waals surface area contributed by atoms with Crippen LogP contribution in [0.2, 0.25) is 5.02 Å². The number of hydrogen-bond donors (Lipinski definition) is 0. The molecule has 0 fully saturated rings. The van der Waals surface area contributed by atoms with E-state index >= 15 is 0 Å². The van der Waals surface area contributed by atoms with Crippen molar-refractivity contribution in [2.75, 3.05) is 13.2 Å². The third kappa shape index (κ3) is 5.51. The fourth-order valence-corrected chi connectivity index (χ4v) is 1.64. The minimum Gasteiger partial charge on any atom is -0.500 e. The van der Waals surface area contributed by atoms with E-state index in [0.717, 1.165) is 24.5 Å². The first kappa shape index (κ1) is 17.1. The van der Waals surface area contributed by atoms with Crippen LogP contribution in [0.5, 0.6) is 0 Å². The monoisotopic (exact) mass is 318 g/mol. The number of ketones is 1. The van der Waals surface area contributed by atoms with E-state index in [4.69, 9.17) is 16.3 Å². The third-order valence-electron chi connectivity index (χ3n) is 2.34. The number of esters is 1. The molecule has 0 amide bonds. The van der Waals surface area contributed by atoms with Gasteiger partial charge in [0.25, 0.3) is 0 Å². The molecule has 0 aliphatic carbocycles. The summed E-state index contributed by atoms with van der Waals surface area (Å²) in [5, 5.41) is -0.166. The van der Waals surface area contributed by atoms with Crippen molar-refractivity contribution < 1.29 is 27.8 Å². The van der Waals surface area contributed by atoms with Gasteiger partial charge < -0.3 is 9.47 Å². The van der Waals surface area contributed by atoms with Gasteiger partial charge in [-0.15, -0.1) is 0 Å². The van der Waals surface area contributed by atoms with E-state index < -0.39 is 23.4 Å². The molecule has 0 aliphatic heterocycles. The third-order valence-corrected chi connectivity index (χ3v) is 2.66. The van der Waals surface area contributed by atoms with Crippen LogP contribution in [-0.2, 0) is 14.3 Å². The van der Waals surface area contributed by atoms with Crippen molar-refractivity contribution in [3.63, 3.8) is 0 Å². The molecule has 4 nitrogen and oxygen atoms in total. The number of ether oxygens (including phenoxy) is 2. The highest BCUT2D eigenvalue weighted by molar-refractivity contribution is 6.33. The van der Waals surface area contributed by atoms with Crippen LogP contribution in [0.25, 0.3) is 0 Å². The van der Waals surface area contributed by atoms with Gasteiger partial charge in [0.15, 0.2) is 17.4 Å². The van der Waals surface area contributed by atoms with Crippen LogP contribution in [0, 0.1) is 11.6 Å². The van der Waals surface area contributed by atoms with E-state index in [1.807, 2.05) is 0 Å². The zero-order valence-corrected chi connectivity index (χ0v) is 12.0. The van der Waals surface area contributed by atoms with Crippen molar-refractivity contribution in [3.8, 4) is 0 Å². The van der Waals surface area contributed by atoms with Crippen molar-refractivity contribution in [3.05, 3.63) is 46.7 Å². The van der Waals surface area contributed by atoms with Gasteiger partial charge in [0.1, 0.15) is 0 Å². The van der Waals surface area contributed by atoms with Crippen LogP contribution in [0.3, 0.4) is 0 Å². The smallest absolute Gasteiger partial charge is 0.333 e. The first-order chi connectivity index (χ1) is 9.95. The molecule has 1 aromatic carbocycles. The summed E-state index contributed by atoms with van der Waals surface area (Å²) in [7, 11) is 0. The average Bonchev–Trinajstić information content (AvgIpc) is 2.42. The van der Waals surface area contributed by atoms with E-state index in [2.05, 4.69) is 4.74 Å². The van der Waals surface area contributed by atoms with Crippen molar-refractivity contribution in [2.24, 2.45) is 0 Å². The molecule has 0 N–H and O–H groups in total. The van der Waals surface area contributed by atoms with Crippen molar-refractivity contribution in [2.45, 2.75) is 13.3 Å². The lowest BCUT2D eigenvalue weighted by Gasteiger charge is -2.04. The molecule has 114 valence electrons. The van der Waals surface area contributed by atoms with Crippen LogP contribution in [0.15, 0.2) is 24.5 Å². The Labute approximate surface area is 125 Å². The minimum atomic E-state index is -1.15. The van der Waals surface area contributed by atoms with Crippen LogP contribution in [0.4, 0.5) is 8.78 Å². The highest BCUT2D eigenvalue weighted by Crippen LogP contribution is 2.21. The molecule has 0 aromatic heterocycles. The highest BCUT2D eigenvalue weighted by atomic mass is 35.5. The summed E-state index contributed by atoms with van der Waals surface area (Å²) >= 11 is 5.67. The first-order valence-electron chi connectivity index (χ1n) is 6.08. The normalized spacial score (nSPS) is 10.7. The van der Waals surface area contributed by atoms with Gasteiger partial charge in [0, 0.05) is 12.0 Å². The standard InChI is InChI=1S/C14H13ClF2O4/c1-2-21-14(19)4-6-20-5-3-13(18)9-7-11(16)12(17)8-10(9)15/h4,6-8H,2-3,5H2,1H3. The molecular formula is C14H13ClF2O4. The molecule has 0 saturated heterocycles. The van der Waals surface area contributed by atoms with Crippen molar-refractivity contribution in [1.29, 1.82) is 0 Å². The SMILES string of the molecule is CCOC(=O)C=COCCC(=O)c1cc(F)c(F)cc1Cl. The molecule has 0 saturated carbocycles. The Balaban J connectivity index is 2.48. The maximum Gasteiger partial charge on any atom is 0.333 e. The molecule has 21 heavy (non-hydrogen) atoms. The summed E-state index contributed by atoms with van der Waals surface area (Å²) in [5.41, 5.74) is -0.117. The van der Waals surface area contributed by atoms with Crippen LogP contribution in [0.1, 0.15) is 23.7 Å². The molecule has 7 heteroatoms. The van der Waals surface area contributed by atoms with Gasteiger partial charge in [-0.1, -0.05) is 11.6 Å². The van der Waals surface area contributed by atoms with E-state index in [-0.39, 0.29) is 30.2 Å². The van der Waals surface area contributed by atoms with E-state index in [9.17, 15) is 18.4 Å². The molecule has 0 unspecified atom stereocenters. The lowest BCUT2D eigenvalue weighted by Crippen LogP contribution is -2.05. The summed E-state index contributed by atoms with van der Waals surface area (Å²) in [4.78, 5) is 22.7. The Morgan fingerprint density at radius 2 is 1.95 bits per heavy atom. The summed E-state index contributed by atoms with van der Waals surface area (Å²) in [6.07, 6.45) is 2.06. The number of Topliss-reactive ketones (excluding diaryl/α,β-unsaturated/α-hetero) is 1. The quantitative estimate of drug-likeness (QED) is 0.193. The van der Waals surface area contributed by atoms with E-state index in [1.165, 1.54) is 0 Å². The summed E-state index contributed by atoms with van der Waals surface area (Å²) in [6, 6.07) is 1.49. The topological polar surface area (TPSA) is 52.6 Å². The maximum absolute atomic E-state index is 13.0. The lowest BCUT2D eigenvalue weighted by molar-refractivity contribution is -0.137. The summed E-state index contributed by atoms with van der Waals surface area (Å²) in [6.45, 7) is 1.87. The number of halogens is 3. The second-order valence-corrected chi connectivity index (χ2v) is 4.25. The van der Waals surface area contributed by atoms with Gasteiger partial charge in [0.05, 0.1) is 30.6 Å². The number of carbonyl (C=O) groups is 2. The largest absolute Gasteiger partial charge is 0.500 e. The van der Waals surface area contributed by atoms with E-state index in [1.54, 1.807) is 6.92 Å². The minimum absolute atomic E-state index is 0.0376. The number of rotatable bonds is 7. The zero-order valence-electron chi connectivity index (χ0n) is 11.2. The zero-order chi connectivity index (χ0) is 15.8. The lowest BCUT2D eigenvalue weighted by atomic mass is 10.1. The van der Waals surface area contributed by atoms with Crippen molar-refractivity contribution in [1.82, 2.24) is 0 Å². The maximum atomic E-state index is 13.0. The van der Waals surface area contributed by atoms with Gasteiger partial charge in [-0.3, -0.25) is 4.79 Å². The van der Waals surface area contributed by atoms with Gasteiger partial charge in [-0.2, -0.15) is 0 Å². The predicted octanol–water partition coefficient (Wildman–Crippen LogP) is 3.28. The number of benzene rings is 1. The molecule has 0 aliphatic rings. The number of carbonyl (C=O) groups excluding carboxylic acids is 2. The Bertz CT molecular complexity index is 558. The fraction of sp³-hybridized carbons (Fsp3) is 0.286. The Morgan fingerprint density at radius 1 is 1.29 bits per heavy atom. The molecule has 1 aromatic rings. The Hall–Kier alpha value is -1.95. The summed E-state index contributed by atoms with van der Waals surface area (Å²) < 4.78 is 35.4. The molecule has 0 radical (unpaired) electrons. The van der Waals surface area contributed by atoms with Crippen LogP contribution < -0.4 is 0 Å². The average molecular weight is 319 g/mol. The second kappa shape index (κ2) is 8.36. The highest BCUT2D eigenvalue weighted by Gasteiger charge is 2.14. The van der Waals surface area contributed by atoms with E-state index in [0.29, 0.717) is 0 Å². The molecule has 1 rings (SSSR count). The molecule has 0 heterocycles. The molecular weight excluding hydrogens is 306 g/mol.